The summed E-state index contributed by atoms with van der Waals surface area (Å²) >= 11 is 0. The van der Waals surface area contributed by atoms with Gasteiger partial charge in [0.15, 0.2) is 0 Å². The van der Waals surface area contributed by atoms with Crippen molar-refractivity contribution >= 4 is 109 Å². The van der Waals surface area contributed by atoms with Gasteiger partial charge in [0.1, 0.15) is 11.6 Å². The van der Waals surface area contributed by atoms with E-state index >= 15 is 0 Å². The average Bonchev–Trinajstić information content (AvgIpc) is 1.56. The van der Waals surface area contributed by atoms with E-state index in [1.54, 1.807) is 0 Å². The van der Waals surface area contributed by atoms with Crippen LogP contribution in [0.2, 0.25) is 0 Å². The van der Waals surface area contributed by atoms with Gasteiger partial charge in [-0.1, -0.05) is 182 Å². The lowest BCUT2D eigenvalue weighted by Crippen LogP contribution is -2.06. The molecule has 0 aliphatic heterocycles. The van der Waals surface area contributed by atoms with Crippen LogP contribution in [0.25, 0.3) is 160 Å². The van der Waals surface area contributed by atoms with Crippen LogP contribution < -0.4 is 0 Å². The zero-order valence-corrected chi connectivity index (χ0v) is 46.8. The van der Waals surface area contributed by atoms with Crippen LogP contribution in [0.4, 0.5) is 0 Å². The molecule has 87 heavy (non-hydrogen) atoms. The molecular formula is C80H47N7. The van der Waals surface area contributed by atoms with Crippen LogP contribution in [0.15, 0.2) is 285 Å². The van der Waals surface area contributed by atoms with Gasteiger partial charge in [0.2, 0.25) is 0 Å². The molecule has 13 aromatic carbocycles. The number of fused-ring (bicyclic) bond motifs is 19. The predicted octanol–water partition coefficient (Wildman–Crippen LogP) is 20.2. The van der Waals surface area contributed by atoms with Crippen molar-refractivity contribution in [2.75, 3.05) is 0 Å². The molecule has 402 valence electrons. The number of para-hydroxylation sites is 8. The summed E-state index contributed by atoms with van der Waals surface area (Å²) in [6.07, 6.45) is 0. The molecule has 0 amide bonds. The first-order valence-electron chi connectivity index (χ1n) is 29.4. The van der Waals surface area contributed by atoms with Crippen molar-refractivity contribution in [3.8, 4) is 62.8 Å². The summed E-state index contributed by atoms with van der Waals surface area (Å²) in [6.45, 7) is 0. The molecule has 7 nitrogen and oxygen atoms in total. The third-order valence-corrected chi connectivity index (χ3v) is 18.0. The minimum atomic E-state index is 0.497. The Morgan fingerprint density at radius 2 is 0.586 bits per heavy atom. The number of hydrogen-bond donors (Lipinski definition) is 0. The van der Waals surface area contributed by atoms with E-state index in [-0.39, 0.29) is 0 Å². The summed E-state index contributed by atoms with van der Waals surface area (Å²) in [5.74, 6) is 0. The predicted molar refractivity (Wildman–Crippen MR) is 358 cm³/mol. The Morgan fingerprint density at radius 1 is 0.230 bits per heavy atom. The highest BCUT2D eigenvalue weighted by molar-refractivity contribution is 6.40. The van der Waals surface area contributed by atoms with E-state index in [4.69, 9.17) is 0 Å². The first-order valence-corrected chi connectivity index (χ1v) is 29.4. The fraction of sp³-hybridized carbons (Fsp3) is 0. The smallest absolute Gasteiger partial charge is 0.104 e. The SMILES string of the molecule is N#Cc1cc(-c2ccccc2)cc(-c2cc(-n3c4ccccc4c4ccc5c(c6ccccc6n5-c5ccccc5)c43)c(C#N)c(-n3c4ccccc4c4c5c(c6ccccc6n5-c5ccccc5)c5c(c6ccccc6n5-c5ccccc5)c43)c2)c1. The van der Waals surface area contributed by atoms with E-state index < -0.39 is 0 Å². The van der Waals surface area contributed by atoms with E-state index in [9.17, 15) is 10.5 Å². The number of aromatic nitrogens is 5. The van der Waals surface area contributed by atoms with Gasteiger partial charge in [-0.25, -0.2) is 0 Å². The van der Waals surface area contributed by atoms with Crippen LogP contribution in [-0.4, -0.2) is 22.8 Å². The second-order valence-electron chi connectivity index (χ2n) is 22.6. The molecule has 0 saturated heterocycles. The van der Waals surface area contributed by atoms with Crippen molar-refractivity contribution in [1.29, 1.82) is 10.5 Å². The fourth-order valence-corrected chi connectivity index (χ4v) is 14.6. The maximum atomic E-state index is 12.6. The molecule has 0 saturated carbocycles. The Labute approximate surface area is 498 Å². The third-order valence-electron chi connectivity index (χ3n) is 18.0. The topological polar surface area (TPSA) is 72.2 Å². The molecule has 0 radical (unpaired) electrons. The van der Waals surface area contributed by atoms with Crippen molar-refractivity contribution in [2.24, 2.45) is 0 Å². The summed E-state index contributed by atoms with van der Waals surface area (Å²) < 4.78 is 12.0. The lowest BCUT2D eigenvalue weighted by molar-refractivity contribution is 1.12. The average molecular weight is 1110 g/mol. The lowest BCUT2D eigenvalue weighted by atomic mass is 9.94. The first-order chi connectivity index (χ1) is 43.1. The van der Waals surface area contributed by atoms with E-state index in [1.165, 1.54) is 0 Å². The first kappa shape index (κ1) is 48.4. The minimum Gasteiger partial charge on any atom is -0.309 e. The highest BCUT2D eigenvalue weighted by Crippen LogP contribution is 2.52. The van der Waals surface area contributed by atoms with Gasteiger partial charge in [0, 0.05) is 70.9 Å². The molecule has 0 atom stereocenters. The molecule has 7 heteroatoms. The van der Waals surface area contributed by atoms with Crippen LogP contribution in [0.1, 0.15) is 11.1 Å². The normalized spacial score (nSPS) is 11.9. The van der Waals surface area contributed by atoms with Crippen molar-refractivity contribution in [2.45, 2.75) is 0 Å². The highest BCUT2D eigenvalue weighted by Gasteiger charge is 2.31. The summed E-state index contributed by atoms with van der Waals surface area (Å²) in [5.41, 5.74) is 19.6. The van der Waals surface area contributed by atoms with Crippen molar-refractivity contribution in [1.82, 2.24) is 22.8 Å². The van der Waals surface area contributed by atoms with Crippen molar-refractivity contribution in [3.63, 3.8) is 0 Å². The van der Waals surface area contributed by atoms with Crippen molar-refractivity contribution in [3.05, 3.63) is 296 Å². The van der Waals surface area contributed by atoms with Gasteiger partial charge < -0.3 is 22.8 Å². The Balaban J connectivity index is 1.09. The molecule has 5 aromatic heterocycles. The molecule has 0 aliphatic rings. The van der Waals surface area contributed by atoms with Crippen LogP contribution in [0, 0.1) is 22.7 Å². The lowest BCUT2D eigenvalue weighted by Gasteiger charge is -2.20. The summed E-state index contributed by atoms with van der Waals surface area (Å²) in [6, 6.07) is 107. The van der Waals surface area contributed by atoms with Gasteiger partial charge in [-0.3, -0.25) is 0 Å². The molecule has 18 aromatic rings. The second kappa shape index (κ2) is 18.7. The monoisotopic (exact) mass is 1110 g/mol. The zero-order chi connectivity index (χ0) is 57.4. The Bertz CT molecular complexity index is 5930. The number of hydrogen-bond acceptors (Lipinski definition) is 2. The Morgan fingerprint density at radius 3 is 1.07 bits per heavy atom. The van der Waals surface area contributed by atoms with Crippen molar-refractivity contribution < 1.29 is 0 Å². The Hall–Kier alpha value is -12.2. The molecule has 0 bridgehead atoms. The van der Waals surface area contributed by atoms with Gasteiger partial charge in [0.25, 0.3) is 0 Å². The number of benzene rings is 13. The zero-order valence-electron chi connectivity index (χ0n) is 46.8. The quantitative estimate of drug-likeness (QED) is 0.160. The summed E-state index contributed by atoms with van der Waals surface area (Å²) in [4.78, 5) is 0. The van der Waals surface area contributed by atoms with Crippen LogP contribution in [0.3, 0.4) is 0 Å². The number of nitriles is 2. The standard InChI is InChI=1S/C80H47N7/c81-48-50-43-52(51-23-5-1-6-24-51)45-53(44-50)54-46-71(86-65-36-18-13-31-58(65)59-41-42-70-73(77(59)86)60-32-14-19-37-66(60)83(70)55-25-7-2-8-26-55)64(49-82)72(47-54)87-69-40-22-17-35-63(69)76-79-74(61-33-15-20-38-67(61)84(79)56-27-9-3-10-28-56)78-75(80(76)87)62-34-16-21-39-68(62)85(78)57-29-11-4-12-30-57/h1-47H. The maximum Gasteiger partial charge on any atom is 0.104 e. The van der Waals surface area contributed by atoms with E-state index in [2.05, 4.69) is 290 Å². The van der Waals surface area contributed by atoms with E-state index in [1.807, 2.05) is 30.3 Å². The molecule has 0 aliphatic carbocycles. The molecule has 0 fully saturated rings. The van der Waals surface area contributed by atoms with Gasteiger partial charge in [-0.2, -0.15) is 10.5 Å². The molecule has 0 spiro atoms. The number of rotatable bonds is 7. The van der Waals surface area contributed by atoms with Crippen LogP contribution >= 0.6 is 0 Å². The van der Waals surface area contributed by atoms with Gasteiger partial charge in [0.05, 0.1) is 78.2 Å². The van der Waals surface area contributed by atoms with Gasteiger partial charge in [-0.15, -0.1) is 0 Å². The largest absolute Gasteiger partial charge is 0.309 e. The minimum absolute atomic E-state index is 0.497. The van der Waals surface area contributed by atoms with Crippen LogP contribution in [0.5, 0.6) is 0 Å². The third kappa shape index (κ3) is 6.85. The molecule has 18 rings (SSSR count). The highest BCUT2D eigenvalue weighted by atomic mass is 15.1. The molecule has 0 unspecified atom stereocenters. The van der Waals surface area contributed by atoms with Gasteiger partial charge >= 0.3 is 0 Å². The second-order valence-corrected chi connectivity index (χ2v) is 22.6. The summed E-state index contributed by atoms with van der Waals surface area (Å²) in [5, 5.41) is 34.5. The maximum absolute atomic E-state index is 12.6. The summed E-state index contributed by atoms with van der Waals surface area (Å²) in [7, 11) is 0. The van der Waals surface area contributed by atoms with Crippen LogP contribution in [-0.2, 0) is 0 Å². The van der Waals surface area contributed by atoms with E-state index in [0.29, 0.717) is 16.8 Å². The van der Waals surface area contributed by atoms with E-state index in [0.717, 1.165) is 154 Å². The Kier molecular flexibility index (Phi) is 10.4. The molecule has 5 heterocycles. The van der Waals surface area contributed by atoms with Gasteiger partial charge in [-0.05, 0) is 125 Å². The molecular weight excluding hydrogens is 1060 g/mol. The number of nitrogens with zero attached hydrogens (tertiary/aromatic N) is 7. The fourth-order valence-electron chi connectivity index (χ4n) is 14.6. The molecule has 0 N–H and O–H groups in total.